The number of morpholine rings is 1. The summed E-state index contributed by atoms with van der Waals surface area (Å²) < 4.78 is 5.40. The van der Waals surface area contributed by atoms with E-state index < -0.39 is 11.5 Å². The molecule has 0 bridgehead atoms. The third kappa shape index (κ3) is 3.02. The standard InChI is InChI=1S/C16H23NO3/c1-12-4-5-13(2)14(10-12)16(3,11-15(18)19)17-6-8-20-9-7-17/h4-5,10H,6-9,11H2,1-3H3,(H,18,19). The molecule has 1 aliphatic rings. The molecule has 20 heavy (non-hydrogen) atoms. The normalized spacial score (nSPS) is 19.6. The van der Waals surface area contributed by atoms with Crippen molar-refractivity contribution in [2.45, 2.75) is 32.7 Å². The van der Waals surface area contributed by atoms with Crippen molar-refractivity contribution in [1.29, 1.82) is 0 Å². The Bertz CT molecular complexity index is 494. The zero-order valence-corrected chi connectivity index (χ0v) is 12.5. The summed E-state index contributed by atoms with van der Waals surface area (Å²) in [5.41, 5.74) is 2.94. The molecule has 0 spiro atoms. The van der Waals surface area contributed by atoms with Crippen LogP contribution in [0.1, 0.15) is 30.0 Å². The molecule has 1 aliphatic heterocycles. The summed E-state index contributed by atoms with van der Waals surface area (Å²) in [5.74, 6) is -0.764. The monoisotopic (exact) mass is 277 g/mol. The number of nitrogens with zero attached hydrogens (tertiary/aromatic N) is 1. The van der Waals surface area contributed by atoms with Gasteiger partial charge in [0.05, 0.1) is 25.2 Å². The summed E-state index contributed by atoms with van der Waals surface area (Å²) in [6.45, 7) is 9.02. The molecule has 110 valence electrons. The van der Waals surface area contributed by atoms with E-state index in [9.17, 15) is 9.90 Å². The third-order valence-electron chi connectivity index (χ3n) is 4.18. The van der Waals surface area contributed by atoms with Gasteiger partial charge in [-0.05, 0) is 31.9 Å². The van der Waals surface area contributed by atoms with Gasteiger partial charge in [0.25, 0.3) is 0 Å². The largest absolute Gasteiger partial charge is 0.481 e. The summed E-state index contributed by atoms with van der Waals surface area (Å²) in [6.07, 6.45) is 0.108. The molecule has 1 aromatic rings. The lowest BCUT2D eigenvalue weighted by molar-refractivity contribution is -0.141. The van der Waals surface area contributed by atoms with Crippen LogP contribution >= 0.6 is 0 Å². The number of aliphatic carboxylic acids is 1. The highest BCUT2D eigenvalue weighted by Gasteiger charge is 2.37. The first-order chi connectivity index (χ1) is 9.43. The topological polar surface area (TPSA) is 49.8 Å². The molecule has 0 saturated carbocycles. The van der Waals surface area contributed by atoms with Crippen molar-refractivity contribution in [3.8, 4) is 0 Å². The molecule has 4 nitrogen and oxygen atoms in total. The van der Waals surface area contributed by atoms with E-state index in [0.717, 1.165) is 29.8 Å². The Hall–Kier alpha value is -1.39. The predicted octanol–water partition coefficient (Wildman–Crippen LogP) is 2.33. The van der Waals surface area contributed by atoms with Gasteiger partial charge in [0.1, 0.15) is 0 Å². The average molecular weight is 277 g/mol. The van der Waals surface area contributed by atoms with Gasteiger partial charge in [-0.3, -0.25) is 9.69 Å². The molecular formula is C16H23NO3. The Morgan fingerprint density at radius 3 is 2.60 bits per heavy atom. The second-order valence-electron chi connectivity index (χ2n) is 5.76. The maximum absolute atomic E-state index is 11.4. The zero-order chi connectivity index (χ0) is 14.8. The minimum atomic E-state index is -0.764. The zero-order valence-electron chi connectivity index (χ0n) is 12.5. The van der Waals surface area contributed by atoms with Crippen molar-refractivity contribution >= 4 is 5.97 Å². The average Bonchev–Trinajstić information content (AvgIpc) is 2.41. The van der Waals surface area contributed by atoms with Crippen LogP contribution in [-0.4, -0.2) is 42.3 Å². The Labute approximate surface area is 120 Å². The van der Waals surface area contributed by atoms with E-state index in [0.29, 0.717) is 13.2 Å². The molecule has 1 aromatic carbocycles. The van der Waals surface area contributed by atoms with E-state index in [1.165, 1.54) is 0 Å². The second-order valence-corrected chi connectivity index (χ2v) is 5.76. The van der Waals surface area contributed by atoms with Gasteiger partial charge in [0.2, 0.25) is 0 Å². The first-order valence-electron chi connectivity index (χ1n) is 7.06. The number of carbonyl (C=O) groups is 1. The van der Waals surface area contributed by atoms with Crippen LogP contribution in [0.3, 0.4) is 0 Å². The van der Waals surface area contributed by atoms with Crippen LogP contribution in [-0.2, 0) is 15.1 Å². The van der Waals surface area contributed by atoms with Crippen molar-refractivity contribution in [3.63, 3.8) is 0 Å². The van der Waals surface area contributed by atoms with Gasteiger partial charge in [0.15, 0.2) is 0 Å². The smallest absolute Gasteiger partial charge is 0.305 e. The van der Waals surface area contributed by atoms with Crippen LogP contribution in [0, 0.1) is 13.8 Å². The summed E-state index contributed by atoms with van der Waals surface area (Å²) in [7, 11) is 0. The molecule has 1 N–H and O–H groups in total. The van der Waals surface area contributed by atoms with E-state index in [2.05, 4.69) is 30.0 Å². The van der Waals surface area contributed by atoms with Gasteiger partial charge in [-0.15, -0.1) is 0 Å². The van der Waals surface area contributed by atoms with Crippen LogP contribution < -0.4 is 0 Å². The molecule has 2 rings (SSSR count). The van der Waals surface area contributed by atoms with E-state index in [-0.39, 0.29) is 6.42 Å². The molecular weight excluding hydrogens is 254 g/mol. The Morgan fingerprint density at radius 2 is 2.00 bits per heavy atom. The van der Waals surface area contributed by atoms with E-state index >= 15 is 0 Å². The first-order valence-corrected chi connectivity index (χ1v) is 7.06. The van der Waals surface area contributed by atoms with Gasteiger partial charge in [-0.1, -0.05) is 23.8 Å². The number of carboxylic acids is 1. The summed E-state index contributed by atoms with van der Waals surface area (Å²) in [6, 6.07) is 6.26. The molecule has 0 amide bonds. The number of hydrogen-bond donors (Lipinski definition) is 1. The lowest BCUT2D eigenvalue weighted by Crippen LogP contribution is -2.51. The van der Waals surface area contributed by atoms with Gasteiger partial charge in [-0.2, -0.15) is 0 Å². The second kappa shape index (κ2) is 5.94. The van der Waals surface area contributed by atoms with Crippen LogP contribution in [0.2, 0.25) is 0 Å². The molecule has 0 aromatic heterocycles. The minimum Gasteiger partial charge on any atom is -0.481 e. The number of carboxylic acid groups (broad SMARTS) is 1. The lowest BCUT2D eigenvalue weighted by Gasteiger charge is -2.43. The Kier molecular flexibility index (Phi) is 4.45. The Morgan fingerprint density at radius 1 is 1.35 bits per heavy atom. The molecule has 4 heteroatoms. The maximum atomic E-state index is 11.4. The van der Waals surface area contributed by atoms with Gasteiger partial charge in [-0.25, -0.2) is 0 Å². The summed E-state index contributed by atoms with van der Waals surface area (Å²) in [5, 5.41) is 9.34. The van der Waals surface area contributed by atoms with Gasteiger partial charge in [0, 0.05) is 13.1 Å². The van der Waals surface area contributed by atoms with Crippen molar-refractivity contribution in [3.05, 3.63) is 34.9 Å². The fourth-order valence-corrected chi connectivity index (χ4v) is 3.04. The molecule has 1 unspecified atom stereocenters. The number of ether oxygens (including phenoxy) is 1. The summed E-state index contributed by atoms with van der Waals surface area (Å²) in [4.78, 5) is 13.6. The molecule has 1 saturated heterocycles. The molecule has 1 fully saturated rings. The maximum Gasteiger partial charge on any atom is 0.305 e. The molecule has 1 atom stereocenters. The van der Waals surface area contributed by atoms with Gasteiger partial charge < -0.3 is 9.84 Å². The van der Waals surface area contributed by atoms with Crippen molar-refractivity contribution in [2.24, 2.45) is 0 Å². The quantitative estimate of drug-likeness (QED) is 0.917. The molecule has 1 heterocycles. The van der Waals surface area contributed by atoms with Crippen LogP contribution in [0.5, 0.6) is 0 Å². The van der Waals surface area contributed by atoms with Crippen molar-refractivity contribution in [1.82, 2.24) is 4.90 Å². The number of hydrogen-bond acceptors (Lipinski definition) is 3. The first kappa shape index (κ1) is 15.0. The summed E-state index contributed by atoms with van der Waals surface area (Å²) >= 11 is 0. The lowest BCUT2D eigenvalue weighted by atomic mass is 9.83. The highest BCUT2D eigenvalue weighted by Crippen LogP contribution is 2.35. The fraction of sp³-hybridized carbons (Fsp3) is 0.562. The van der Waals surface area contributed by atoms with E-state index in [1.54, 1.807) is 0 Å². The van der Waals surface area contributed by atoms with Gasteiger partial charge >= 0.3 is 5.97 Å². The highest BCUT2D eigenvalue weighted by atomic mass is 16.5. The van der Waals surface area contributed by atoms with Crippen molar-refractivity contribution < 1.29 is 14.6 Å². The molecule has 0 radical (unpaired) electrons. The number of aryl methyl sites for hydroxylation is 2. The SMILES string of the molecule is Cc1ccc(C)c(C(C)(CC(=O)O)N2CCOCC2)c1. The fourth-order valence-electron chi connectivity index (χ4n) is 3.04. The van der Waals surface area contributed by atoms with E-state index in [1.807, 2.05) is 13.8 Å². The highest BCUT2D eigenvalue weighted by molar-refractivity contribution is 5.69. The molecule has 0 aliphatic carbocycles. The Balaban J connectivity index is 2.44. The third-order valence-corrected chi connectivity index (χ3v) is 4.18. The predicted molar refractivity (Wildman–Crippen MR) is 77.9 cm³/mol. The van der Waals surface area contributed by atoms with Crippen LogP contribution in [0.4, 0.5) is 0 Å². The van der Waals surface area contributed by atoms with Crippen LogP contribution in [0.25, 0.3) is 0 Å². The minimum absolute atomic E-state index is 0.108. The van der Waals surface area contributed by atoms with E-state index in [4.69, 9.17) is 4.74 Å². The number of rotatable bonds is 4. The van der Waals surface area contributed by atoms with Crippen LogP contribution in [0.15, 0.2) is 18.2 Å². The number of benzene rings is 1. The van der Waals surface area contributed by atoms with Crippen molar-refractivity contribution in [2.75, 3.05) is 26.3 Å².